The third kappa shape index (κ3) is 3.71. The van der Waals surface area contributed by atoms with Crippen LogP contribution in [0.2, 0.25) is 0 Å². The molecule has 0 saturated carbocycles. The van der Waals surface area contributed by atoms with Crippen LogP contribution in [-0.2, 0) is 19.1 Å². The van der Waals surface area contributed by atoms with Crippen LogP contribution in [0.4, 0.5) is 0 Å². The van der Waals surface area contributed by atoms with Crippen LogP contribution in [0.15, 0.2) is 37.8 Å². The van der Waals surface area contributed by atoms with Gasteiger partial charge in [0.25, 0.3) is 0 Å². The fraction of sp³-hybridized carbons (Fsp3) is 0.200. The molecule has 0 aromatic heterocycles. The lowest BCUT2D eigenvalue weighted by Gasteiger charge is -2.06. The summed E-state index contributed by atoms with van der Waals surface area (Å²) in [4.78, 5) is 22.3. The van der Waals surface area contributed by atoms with Gasteiger partial charge >= 0.3 is 11.9 Å². The van der Waals surface area contributed by atoms with Gasteiger partial charge in [-0.15, -0.1) is 6.58 Å². The van der Waals surface area contributed by atoms with E-state index in [4.69, 9.17) is 0 Å². The van der Waals surface area contributed by atoms with Crippen molar-refractivity contribution in [1.82, 2.24) is 0 Å². The molecule has 0 aromatic carbocycles. The summed E-state index contributed by atoms with van der Waals surface area (Å²) < 4.78 is 9.01. The second-order valence-corrected chi connectivity index (χ2v) is 2.22. The first-order valence-corrected chi connectivity index (χ1v) is 3.93. The number of esters is 2. The van der Waals surface area contributed by atoms with Crippen molar-refractivity contribution in [3.63, 3.8) is 0 Å². The number of ether oxygens (including phenoxy) is 2. The van der Waals surface area contributed by atoms with E-state index in [2.05, 4.69) is 22.6 Å². The Morgan fingerprint density at radius 1 is 1.21 bits per heavy atom. The van der Waals surface area contributed by atoms with Crippen molar-refractivity contribution >= 4 is 11.9 Å². The van der Waals surface area contributed by atoms with E-state index in [1.807, 2.05) is 0 Å². The molecule has 0 saturated heterocycles. The number of carbonyl (C=O) groups is 2. The highest BCUT2D eigenvalue weighted by Crippen LogP contribution is 2.05. The molecule has 0 rings (SSSR count). The van der Waals surface area contributed by atoms with Crippen molar-refractivity contribution in [1.29, 1.82) is 0 Å². The summed E-state index contributed by atoms with van der Waals surface area (Å²) in [6, 6.07) is 0. The number of hydrogen-bond acceptors (Lipinski definition) is 4. The SMILES string of the molecule is C=COC(=O)C(C=C)C(=O)OC=CC. The summed E-state index contributed by atoms with van der Waals surface area (Å²) in [5.41, 5.74) is 0. The third-order valence-corrected chi connectivity index (χ3v) is 1.26. The van der Waals surface area contributed by atoms with Gasteiger partial charge in [0, 0.05) is 0 Å². The fourth-order valence-electron chi connectivity index (χ4n) is 0.653. The van der Waals surface area contributed by atoms with Gasteiger partial charge in [0.2, 0.25) is 0 Å². The minimum absolute atomic E-state index is 0.732. The van der Waals surface area contributed by atoms with Crippen LogP contribution in [0, 0.1) is 5.92 Å². The van der Waals surface area contributed by atoms with Gasteiger partial charge in [-0.25, -0.2) is 0 Å². The van der Waals surface area contributed by atoms with Crippen LogP contribution in [0.5, 0.6) is 0 Å². The molecule has 76 valence electrons. The molecule has 4 nitrogen and oxygen atoms in total. The summed E-state index contributed by atoms with van der Waals surface area (Å²) in [7, 11) is 0. The zero-order chi connectivity index (χ0) is 11.0. The first-order chi connectivity index (χ1) is 6.67. The average molecular weight is 196 g/mol. The smallest absolute Gasteiger partial charge is 0.329 e. The largest absolute Gasteiger partial charge is 0.434 e. The first kappa shape index (κ1) is 12.2. The van der Waals surface area contributed by atoms with Crippen LogP contribution in [0.1, 0.15) is 6.92 Å². The van der Waals surface area contributed by atoms with Crippen molar-refractivity contribution < 1.29 is 19.1 Å². The van der Waals surface area contributed by atoms with Gasteiger partial charge in [-0.3, -0.25) is 9.59 Å². The van der Waals surface area contributed by atoms with E-state index in [9.17, 15) is 9.59 Å². The van der Waals surface area contributed by atoms with Gasteiger partial charge in [-0.2, -0.15) is 0 Å². The van der Waals surface area contributed by atoms with Gasteiger partial charge < -0.3 is 9.47 Å². The van der Waals surface area contributed by atoms with E-state index in [1.54, 1.807) is 6.92 Å². The normalized spacial score (nSPS) is 11.8. The summed E-state index contributed by atoms with van der Waals surface area (Å²) in [5, 5.41) is 0. The Morgan fingerprint density at radius 2 is 1.79 bits per heavy atom. The lowest BCUT2D eigenvalue weighted by Crippen LogP contribution is -2.23. The summed E-state index contributed by atoms with van der Waals surface area (Å²) in [6.07, 6.45) is 4.80. The minimum atomic E-state index is -1.12. The number of allylic oxidation sites excluding steroid dienone is 1. The molecular formula is C10H12O4. The average Bonchev–Trinajstić information content (AvgIpc) is 2.16. The Morgan fingerprint density at radius 3 is 2.21 bits per heavy atom. The van der Waals surface area contributed by atoms with E-state index in [1.165, 1.54) is 12.3 Å². The van der Waals surface area contributed by atoms with Gasteiger partial charge in [0.15, 0.2) is 5.92 Å². The van der Waals surface area contributed by atoms with E-state index in [-0.39, 0.29) is 0 Å². The maximum absolute atomic E-state index is 11.2. The van der Waals surface area contributed by atoms with Crippen LogP contribution in [-0.4, -0.2) is 11.9 Å². The Balaban J connectivity index is 4.39. The van der Waals surface area contributed by atoms with Gasteiger partial charge in [-0.1, -0.05) is 18.7 Å². The molecule has 0 radical (unpaired) electrons. The van der Waals surface area contributed by atoms with Crippen LogP contribution >= 0.6 is 0 Å². The topological polar surface area (TPSA) is 52.6 Å². The zero-order valence-corrected chi connectivity index (χ0v) is 7.93. The lowest BCUT2D eigenvalue weighted by atomic mass is 10.1. The summed E-state index contributed by atoms with van der Waals surface area (Å²) >= 11 is 0. The van der Waals surface area contributed by atoms with Crippen molar-refractivity contribution in [3.05, 3.63) is 37.8 Å². The highest BCUT2D eigenvalue weighted by Gasteiger charge is 2.25. The van der Waals surface area contributed by atoms with Crippen LogP contribution < -0.4 is 0 Å². The van der Waals surface area contributed by atoms with E-state index < -0.39 is 17.9 Å². The second kappa shape index (κ2) is 6.65. The molecule has 1 atom stereocenters. The molecule has 0 bridgehead atoms. The monoisotopic (exact) mass is 196 g/mol. The van der Waals surface area contributed by atoms with Crippen molar-refractivity contribution in [2.24, 2.45) is 5.92 Å². The number of rotatable bonds is 5. The summed E-state index contributed by atoms with van der Waals surface area (Å²) in [5.74, 6) is -2.61. The summed E-state index contributed by atoms with van der Waals surface area (Å²) in [6.45, 7) is 8.21. The first-order valence-electron chi connectivity index (χ1n) is 3.93. The molecule has 0 N–H and O–H groups in total. The second-order valence-electron chi connectivity index (χ2n) is 2.22. The predicted octanol–water partition coefficient (Wildman–Crippen LogP) is 1.55. The van der Waals surface area contributed by atoms with Gasteiger partial charge in [-0.05, 0) is 6.92 Å². The van der Waals surface area contributed by atoms with Gasteiger partial charge in [0.1, 0.15) is 0 Å². The van der Waals surface area contributed by atoms with Crippen LogP contribution in [0.3, 0.4) is 0 Å². The van der Waals surface area contributed by atoms with Crippen molar-refractivity contribution in [2.45, 2.75) is 6.92 Å². The standard InChI is InChI=1S/C10H12O4/c1-4-7-14-10(12)8(5-2)9(11)13-6-3/h4-8H,2-3H2,1H3. The molecule has 0 aliphatic rings. The molecule has 0 amide bonds. The maximum Gasteiger partial charge on any atom is 0.329 e. The van der Waals surface area contributed by atoms with Crippen LogP contribution in [0.25, 0.3) is 0 Å². The number of carbonyl (C=O) groups excluding carboxylic acids is 2. The molecule has 0 aromatic rings. The molecule has 14 heavy (non-hydrogen) atoms. The van der Waals surface area contributed by atoms with E-state index >= 15 is 0 Å². The van der Waals surface area contributed by atoms with Gasteiger partial charge in [0.05, 0.1) is 12.5 Å². The Labute approximate surface area is 82.5 Å². The van der Waals surface area contributed by atoms with Crippen molar-refractivity contribution in [3.8, 4) is 0 Å². The molecular weight excluding hydrogens is 184 g/mol. The highest BCUT2D eigenvalue weighted by atomic mass is 16.5. The number of hydrogen-bond donors (Lipinski definition) is 0. The zero-order valence-electron chi connectivity index (χ0n) is 7.93. The predicted molar refractivity (Wildman–Crippen MR) is 50.9 cm³/mol. The molecule has 0 aliphatic carbocycles. The van der Waals surface area contributed by atoms with E-state index in [0.29, 0.717) is 0 Å². The highest BCUT2D eigenvalue weighted by molar-refractivity contribution is 5.97. The Hall–Kier alpha value is -1.84. The molecule has 0 aliphatic heterocycles. The quantitative estimate of drug-likeness (QED) is 0.290. The maximum atomic E-state index is 11.2. The van der Waals surface area contributed by atoms with E-state index in [0.717, 1.165) is 12.3 Å². The third-order valence-electron chi connectivity index (χ3n) is 1.26. The fourth-order valence-corrected chi connectivity index (χ4v) is 0.653. The Kier molecular flexibility index (Phi) is 5.78. The lowest BCUT2D eigenvalue weighted by molar-refractivity contribution is -0.153. The molecule has 0 spiro atoms. The Bertz CT molecular complexity index is 265. The molecule has 0 heterocycles. The minimum Gasteiger partial charge on any atom is -0.434 e. The molecule has 1 unspecified atom stereocenters. The van der Waals surface area contributed by atoms with Crippen molar-refractivity contribution in [2.75, 3.05) is 0 Å². The molecule has 4 heteroatoms. The molecule has 0 fully saturated rings.